The average Bonchev–Trinajstić information content (AvgIpc) is 3.92. The van der Waals surface area contributed by atoms with Crippen molar-refractivity contribution in [3.8, 4) is 41.8 Å². The highest BCUT2D eigenvalue weighted by Crippen LogP contribution is 2.43. The summed E-state index contributed by atoms with van der Waals surface area (Å²) < 4.78 is 70.3. The zero-order valence-electron chi connectivity index (χ0n) is 28.9. The van der Waals surface area contributed by atoms with Crippen LogP contribution >= 0.6 is 34.4 Å². The van der Waals surface area contributed by atoms with Crippen molar-refractivity contribution in [2.45, 2.75) is 85.5 Å². The zero-order chi connectivity index (χ0) is 35.4. The van der Waals surface area contributed by atoms with Crippen LogP contribution in [0, 0.1) is 35.1 Å². The van der Waals surface area contributed by atoms with Gasteiger partial charge in [0.15, 0.2) is 23.3 Å². The van der Waals surface area contributed by atoms with Crippen molar-refractivity contribution in [2.75, 3.05) is 0 Å². The highest BCUT2D eigenvalue weighted by atomic mass is 32.1. The van der Waals surface area contributed by atoms with Crippen molar-refractivity contribution in [1.82, 2.24) is 8.75 Å². The van der Waals surface area contributed by atoms with E-state index < -0.39 is 23.3 Å². The van der Waals surface area contributed by atoms with Gasteiger partial charge in [0.2, 0.25) is 0 Å². The number of aromatic nitrogens is 2. The molecule has 0 spiro atoms. The SMILES string of the molecule is CCCCC(CC)CCc1ccc(-c2ccc(-c3ccc(-c4ccc(-c5ccc(CCC(C)CC)c(F)c5F)s4)c4nsnc34)s2)c(F)c1F. The van der Waals surface area contributed by atoms with Crippen molar-refractivity contribution in [3.05, 3.63) is 95.1 Å². The van der Waals surface area contributed by atoms with Gasteiger partial charge in [-0.15, -0.1) is 22.7 Å². The normalized spacial score (nSPS) is 13.0. The third-order valence-corrected chi connectivity index (χ3v) is 12.8. The van der Waals surface area contributed by atoms with Crippen molar-refractivity contribution >= 4 is 45.4 Å². The van der Waals surface area contributed by atoms with Crippen molar-refractivity contribution < 1.29 is 17.6 Å². The fraction of sp³-hybridized carbons (Fsp3) is 0.366. The molecule has 6 rings (SSSR count). The summed E-state index contributed by atoms with van der Waals surface area (Å²) in [6.07, 6.45) is 8.20. The maximum atomic E-state index is 15.4. The van der Waals surface area contributed by atoms with E-state index in [0.29, 0.717) is 56.6 Å². The molecule has 0 bridgehead atoms. The van der Waals surface area contributed by atoms with Gasteiger partial charge in [0.05, 0.1) is 11.7 Å². The van der Waals surface area contributed by atoms with E-state index in [1.807, 2.05) is 36.4 Å². The average molecular weight is 735 g/mol. The largest absolute Gasteiger partial charge is 0.203 e. The first-order valence-electron chi connectivity index (χ1n) is 17.6. The first-order valence-corrected chi connectivity index (χ1v) is 20.0. The number of thiophene rings is 2. The summed E-state index contributed by atoms with van der Waals surface area (Å²) in [5.41, 5.74) is 4.44. The highest BCUT2D eigenvalue weighted by Gasteiger charge is 2.21. The molecule has 262 valence electrons. The smallest absolute Gasteiger partial charge is 0.167 e. The van der Waals surface area contributed by atoms with Crippen LogP contribution in [-0.2, 0) is 12.8 Å². The molecule has 0 aliphatic rings. The Kier molecular flexibility index (Phi) is 11.9. The summed E-state index contributed by atoms with van der Waals surface area (Å²) in [6, 6.07) is 18.2. The first kappa shape index (κ1) is 36.4. The molecule has 0 radical (unpaired) electrons. The topological polar surface area (TPSA) is 25.8 Å². The molecule has 6 aromatic rings. The van der Waals surface area contributed by atoms with Crippen LogP contribution in [0.4, 0.5) is 17.6 Å². The lowest BCUT2D eigenvalue weighted by Crippen LogP contribution is -2.04. The highest BCUT2D eigenvalue weighted by molar-refractivity contribution is 7.19. The molecule has 0 aliphatic carbocycles. The standard InChI is InChI=1S/C41H42F4N2S3/c1-5-8-9-25(7-3)11-13-27-15-17-29(39(45)37(27)43)33-21-23-35(49-33)31-19-18-30(40-41(31)47-50-46-40)34-22-20-32(48-34)28-16-14-26(36(42)38(28)44)12-10-24(4)6-2/h14-25H,5-13H2,1-4H3. The molecule has 3 heterocycles. The molecule has 0 N–H and O–H groups in total. The van der Waals surface area contributed by atoms with E-state index in [-0.39, 0.29) is 11.1 Å². The van der Waals surface area contributed by atoms with Crippen LogP contribution in [0.2, 0.25) is 0 Å². The van der Waals surface area contributed by atoms with Gasteiger partial charge in [-0.3, -0.25) is 0 Å². The number of unbranched alkanes of at least 4 members (excludes halogenated alkanes) is 1. The van der Waals surface area contributed by atoms with Gasteiger partial charge in [0, 0.05) is 41.8 Å². The molecule has 0 saturated carbocycles. The maximum Gasteiger partial charge on any atom is 0.167 e. The Morgan fingerprint density at radius 3 is 1.46 bits per heavy atom. The van der Waals surface area contributed by atoms with Gasteiger partial charge < -0.3 is 0 Å². The predicted molar refractivity (Wildman–Crippen MR) is 204 cm³/mol. The molecular weight excluding hydrogens is 693 g/mol. The van der Waals surface area contributed by atoms with Gasteiger partial charge >= 0.3 is 0 Å². The van der Waals surface area contributed by atoms with Crippen LogP contribution < -0.4 is 0 Å². The molecule has 2 atom stereocenters. The van der Waals surface area contributed by atoms with Gasteiger partial charge in [0.25, 0.3) is 0 Å². The number of rotatable bonds is 15. The quantitative estimate of drug-likeness (QED) is 0.0982. The Morgan fingerprint density at radius 2 is 1.00 bits per heavy atom. The van der Waals surface area contributed by atoms with Gasteiger partial charge in [-0.2, -0.15) is 8.75 Å². The summed E-state index contributed by atoms with van der Waals surface area (Å²) >= 11 is 3.87. The fourth-order valence-corrected chi connectivity index (χ4v) is 9.15. The number of halogens is 4. The summed E-state index contributed by atoms with van der Waals surface area (Å²) in [5.74, 6) is -2.17. The van der Waals surface area contributed by atoms with Gasteiger partial charge in [-0.1, -0.05) is 96.2 Å². The minimum atomic E-state index is -0.817. The Bertz CT molecular complexity index is 2080. The molecule has 0 fully saturated rings. The molecule has 0 saturated heterocycles. The third kappa shape index (κ3) is 7.60. The van der Waals surface area contributed by atoms with Crippen LogP contribution in [-0.4, -0.2) is 8.75 Å². The lowest BCUT2D eigenvalue weighted by atomic mass is 9.92. The van der Waals surface area contributed by atoms with E-state index in [1.165, 1.54) is 22.7 Å². The number of nitrogens with zero attached hydrogens (tertiary/aromatic N) is 2. The number of hydrogen-bond donors (Lipinski definition) is 0. The lowest BCUT2D eigenvalue weighted by Gasteiger charge is -2.15. The molecule has 3 aromatic heterocycles. The molecule has 3 aromatic carbocycles. The molecular formula is C41H42F4N2S3. The van der Waals surface area contributed by atoms with E-state index in [2.05, 4.69) is 36.4 Å². The second kappa shape index (κ2) is 16.3. The van der Waals surface area contributed by atoms with E-state index in [1.54, 1.807) is 24.3 Å². The summed E-state index contributed by atoms with van der Waals surface area (Å²) in [7, 11) is 0. The minimum absolute atomic E-state index is 0.246. The third-order valence-electron chi connectivity index (χ3n) is 9.98. The number of hydrogen-bond acceptors (Lipinski definition) is 5. The first-order chi connectivity index (χ1) is 24.2. The number of aryl methyl sites for hydroxylation is 2. The van der Waals surface area contributed by atoms with Gasteiger partial charge in [-0.25, -0.2) is 17.6 Å². The Balaban J connectivity index is 1.23. The van der Waals surface area contributed by atoms with Gasteiger partial charge in [0.1, 0.15) is 11.0 Å². The molecule has 0 aliphatic heterocycles. The second-order valence-corrected chi connectivity index (χ2v) is 16.0. The Labute approximate surface area is 304 Å². The predicted octanol–water partition coefficient (Wildman–Crippen LogP) is 14.2. The molecule has 9 heteroatoms. The van der Waals surface area contributed by atoms with E-state index in [4.69, 9.17) is 0 Å². The Morgan fingerprint density at radius 1 is 0.540 bits per heavy atom. The van der Waals surface area contributed by atoms with Crippen LogP contribution in [0.15, 0.2) is 60.7 Å². The van der Waals surface area contributed by atoms with Crippen LogP contribution in [0.25, 0.3) is 52.8 Å². The monoisotopic (exact) mass is 734 g/mol. The maximum absolute atomic E-state index is 15.4. The molecule has 2 unspecified atom stereocenters. The summed E-state index contributed by atoms with van der Waals surface area (Å²) in [6.45, 7) is 8.56. The van der Waals surface area contributed by atoms with Crippen molar-refractivity contribution in [3.63, 3.8) is 0 Å². The number of fused-ring (bicyclic) bond motifs is 1. The van der Waals surface area contributed by atoms with Crippen LogP contribution in [0.3, 0.4) is 0 Å². The molecule has 0 amide bonds. The molecule has 2 nitrogen and oxygen atoms in total. The molecule has 50 heavy (non-hydrogen) atoms. The van der Waals surface area contributed by atoms with Crippen molar-refractivity contribution in [1.29, 1.82) is 0 Å². The minimum Gasteiger partial charge on any atom is -0.203 e. The van der Waals surface area contributed by atoms with E-state index in [0.717, 1.165) is 77.6 Å². The van der Waals surface area contributed by atoms with Crippen LogP contribution in [0.5, 0.6) is 0 Å². The number of benzene rings is 3. The summed E-state index contributed by atoms with van der Waals surface area (Å²) in [5, 5.41) is 0. The van der Waals surface area contributed by atoms with Crippen LogP contribution in [0.1, 0.15) is 83.8 Å². The Hall–Kier alpha value is -3.40. The van der Waals surface area contributed by atoms with Gasteiger partial charge in [-0.05, 0) is 72.9 Å². The second-order valence-electron chi connectivity index (χ2n) is 13.3. The van der Waals surface area contributed by atoms with Crippen molar-refractivity contribution in [2.24, 2.45) is 11.8 Å². The van der Waals surface area contributed by atoms with E-state index >= 15 is 17.6 Å². The fourth-order valence-electron chi connectivity index (χ4n) is 6.48. The van der Waals surface area contributed by atoms with E-state index in [9.17, 15) is 0 Å². The lowest BCUT2D eigenvalue weighted by molar-refractivity contribution is 0.415. The zero-order valence-corrected chi connectivity index (χ0v) is 31.4. The summed E-state index contributed by atoms with van der Waals surface area (Å²) in [4.78, 5) is 3.01.